The van der Waals surface area contributed by atoms with Crippen LogP contribution < -0.4 is 10.6 Å². The summed E-state index contributed by atoms with van der Waals surface area (Å²) in [7, 11) is 0. The van der Waals surface area contributed by atoms with Gasteiger partial charge in [-0.3, -0.25) is 14.4 Å². The summed E-state index contributed by atoms with van der Waals surface area (Å²) >= 11 is 0. The quantitative estimate of drug-likeness (QED) is 0.634. The van der Waals surface area contributed by atoms with E-state index in [-0.39, 0.29) is 37.1 Å². The minimum absolute atomic E-state index is 0.00681. The van der Waals surface area contributed by atoms with E-state index in [1.54, 1.807) is 31.2 Å². The molecule has 142 valence electrons. The molecule has 0 aliphatic rings. The van der Waals surface area contributed by atoms with Crippen LogP contribution in [0.3, 0.4) is 0 Å². The molecule has 3 N–H and O–H groups in total. The highest BCUT2D eigenvalue weighted by atomic mass is 16.4. The predicted octanol–water partition coefficient (Wildman–Crippen LogP) is 2.77. The Balaban J connectivity index is 2.01. The van der Waals surface area contributed by atoms with E-state index in [1.807, 2.05) is 36.4 Å². The van der Waals surface area contributed by atoms with Gasteiger partial charge in [0.05, 0.1) is 12.5 Å². The Labute approximate surface area is 158 Å². The summed E-state index contributed by atoms with van der Waals surface area (Å²) in [6, 6.07) is 17.6. The molecule has 2 aromatic carbocycles. The summed E-state index contributed by atoms with van der Waals surface area (Å²) in [6.07, 6.45) is 0.0650. The summed E-state index contributed by atoms with van der Waals surface area (Å²) in [5, 5.41) is 14.4. The van der Waals surface area contributed by atoms with Crippen LogP contribution in [0, 0.1) is 5.92 Å². The Hall–Kier alpha value is -3.15. The third kappa shape index (κ3) is 6.93. The zero-order valence-corrected chi connectivity index (χ0v) is 15.2. The number of carbonyl (C=O) groups is 3. The van der Waals surface area contributed by atoms with Crippen molar-refractivity contribution >= 4 is 17.8 Å². The van der Waals surface area contributed by atoms with Gasteiger partial charge < -0.3 is 15.7 Å². The molecule has 0 spiro atoms. The van der Waals surface area contributed by atoms with Crippen LogP contribution in [0.4, 0.5) is 0 Å². The van der Waals surface area contributed by atoms with Crippen LogP contribution in [0.1, 0.15) is 41.7 Å². The first-order valence-corrected chi connectivity index (χ1v) is 8.85. The molecule has 0 saturated heterocycles. The minimum Gasteiger partial charge on any atom is -0.481 e. The highest BCUT2D eigenvalue weighted by molar-refractivity contribution is 5.94. The smallest absolute Gasteiger partial charge is 0.303 e. The van der Waals surface area contributed by atoms with Gasteiger partial charge >= 0.3 is 5.97 Å². The zero-order chi connectivity index (χ0) is 19.6. The van der Waals surface area contributed by atoms with E-state index in [4.69, 9.17) is 5.11 Å². The molecule has 0 saturated carbocycles. The summed E-state index contributed by atoms with van der Waals surface area (Å²) < 4.78 is 0. The number of nitrogens with one attached hydrogen (secondary N) is 2. The normalized spacial score (nSPS) is 12.6. The van der Waals surface area contributed by atoms with Crippen molar-refractivity contribution in [2.24, 2.45) is 5.92 Å². The molecule has 6 heteroatoms. The van der Waals surface area contributed by atoms with Gasteiger partial charge in [0.15, 0.2) is 0 Å². The van der Waals surface area contributed by atoms with E-state index < -0.39 is 12.0 Å². The lowest BCUT2D eigenvalue weighted by molar-refractivity contribution is -0.138. The number of hydrogen-bond donors (Lipinski definition) is 3. The largest absolute Gasteiger partial charge is 0.481 e. The fourth-order valence-electron chi connectivity index (χ4n) is 2.68. The third-order valence-corrected chi connectivity index (χ3v) is 4.10. The Morgan fingerprint density at radius 2 is 1.52 bits per heavy atom. The Morgan fingerprint density at radius 1 is 0.926 bits per heavy atom. The molecule has 0 fully saturated rings. The molecular weight excluding hydrogens is 344 g/mol. The summed E-state index contributed by atoms with van der Waals surface area (Å²) in [5.74, 6) is -1.56. The highest BCUT2D eigenvalue weighted by Crippen LogP contribution is 2.17. The fraction of sp³-hybridized carbons (Fsp3) is 0.286. The maximum Gasteiger partial charge on any atom is 0.303 e. The molecule has 2 unspecified atom stereocenters. The van der Waals surface area contributed by atoms with Crippen molar-refractivity contribution in [3.05, 3.63) is 71.8 Å². The van der Waals surface area contributed by atoms with Crippen LogP contribution in [-0.4, -0.2) is 29.4 Å². The molecule has 0 radical (unpaired) electrons. The topological polar surface area (TPSA) is 95.5 Å². The molecule has 0 bridgehead atoms. The van der Waals surface area contributed by atoms with E-state index in [0.717, 1.165) is 5.56 Å². The van der Waals surface area contributed by atoms with Crippen molar-refractivity contribution in [2.75, 3.05) is 6.54 Å². The van der Waals surface area contributed by atoms with Gasteiger partial charge in [0, 0.05) is 18.5 Å². The lowest BCUT2D eigenvalue weighted by Gasteiger charge is -2.20. The van der Waals surface area contributed by atoms with Crippen LogP contribution in [0.25, 0.3) is 0 Å². The summed E-state index contributed by atoms with van der Waals surface area (Å²) in [5.41, 5.74) is 1.35. The monoisotopic (exact) mass is 368 g/mol. The van der Waals surface area contributed by atoms with Gasteiger partial charge in [-0.2, -0.15) is 0 Å². The van der Waals surface area contributed by atoms with Crippen LogP contribution in [0.2, 0.25) is 0 Å². The second-order valence-electron chi connectivity index (χ2n) is 6.51. The number of carboxylic acid groups (broad SMARTS) is 1. The lowest BCUT2D eigenvalue weighted by atomic mass is 10.0. The van der Waals surface area contributed by atoms with Crippen LogP contribution >= 0.6 is 0 Å². The molecule has 2 aromatic rings. The first kappa shape index (κ1) is 20.2. The number of benzene rings is 2. The fourth-order valence-corrected chi connectivity index (χ4v) is 2.68. The van der Waals surface area contributed by atoms with Gasteiger partial charge in [0.2, 0.25) is 5.91 Å². The molecule has 0 aliphatic heterocycles. The standard InChI is InChI=1S/C21H24N2O4/c1-15(12-20(25)26)14-22-19(24)13-18(16-8-4-2-5-9-16)23-21(27)17-10-6-3-7-11-17/h2-11,15,18H,12-14H2,1H3,(H,22,24)(H,23,27)(H,25,26). The molecule has 6 nitrogen and oxygen atoms in total. The first-order valence-electron chi connectivity index (χ1n) is 8.85. The van der Waals surface area contributed by atoms with Crippen molar-refractivity contribution < 1.29 is 19.5 Å². The summed E-state index contributed by atoms with van der Waals surface area (Å²) in [6.45, 7) is 2.04. The van der Waals surface area contributed by atoms with Crippen LogP contribution in [-0.2, 0) is 9.59 Å². The van der Waals surface area contributed by atoms with Crippen molar-refractivity contribution in [3.8, 4) is 0 Å². The number of aliphatic carboxylic acids is 1. The van der Waals surface area contributed by atoms with E-state index in [9.17, 15) is 14.4 Å². The molecule has 0 heterocycles. The number of amides is 2. The van der Waals surface area contributed by atoms with E-state index in [0.29, 0.717) is 5.56 Å². The van der Waals surface area contributed by atoms with E-state index in [1.165, 1.54) is 0 Å². The van der Waals surface area contributed by atoms with Crippen molar-refractivity contribution in [1.29, 1.82) is 0 Å². The van der Waals surface area contributed by atoms with Crippen LogP contribution in [0.15, 0.2) is 60.7 Å². The van der Waals surface area contributed by atoms with Gasteiger partial charge in [-0.25, -0.2) is 0 Å². The van der Waals surface area contributed by atoms with E-state index >= 15 is 0 Å². The number of carbonyl (C=O) groups excluding carboxylic acids is 2. The number of hydrogen-bond acceptors (Lipinski definition) is 3. The van der Waals surface area contributed by atoms with Crippen molar-refractivity contribution in [2.45, 2.75) is 25.8 Å². The van der Waals surface area contributed by atoms with E-state index in [2.05, 4.69) is 10.6 Å². The van der Waals surface area contributed by atoms with Gasteiger partial charge in [-0.15, -0.1) is 0 Å². The molecular formula is C21H24N2O4. The van der Waals surface area contributed by atoms with Gasteiger partial charge in [0.1, 0.15) is 0 Å². The SMILES string of the molecule is CC(CNC(=O)CC(NC(=O)c1ccccc1)c1ccccc1)CC(=O)O. The average Bonchev–Trinajstić information content (AvgIpc) is 2.66. The average molecular weight is 368 g/mol. The maximum atomic E-state index is 12.5. The Kier molecular flexibility index (Phi) is 7.55. The Morgan fingerprint density at radius 3 is 2.11 bits per heavy atom. The van der Waals surface area contributed by atoms with Crippen LogP contribution in [0.5, 0.6) is 0 Å². The summed E-state index contributed by atoms with van der Waals surface area (Å²) in [4.78, 5) is 35.5. The molecule has 27 heavy (non-hydrogen) atoms. The second kappa shape index (κ2) is 10.1. The third-order valence-electron chi connectivity index (χ3n) is 4.10. The zero-order valence-electron chi connectivity index (χ0n) is 15.2. The maximum absolute atomic E-state index is 12.5. The molecule has 2 atom stereocenters. The van der Waals surface area contributed by atoms with Gasteiger partial charge in [-0.05, 0) is 23.6 Å². The van der Waals surface area contributed by atoms with Gasteiger partial charge in [-0.1, -0.05) is 55.5 Å². The molecule has 0 aliphatic carbocycles. The first-order chi connectivity index (χ1) is 13.0. The van der Waals surface area contributed by atoms with Crippen molar-refractivity contribution in [1.82, 2.24) is 10.6 Å². The minimum atomic E-state index is -0.894. The molecule has 2 rings (SSSR count). The Bertz CT molecular complexity index is 762. The predicted molar refractivity (Wildman–Crippen MR) is 102 cm³/mol. The van der Waals surface area contributed by atoms with Gasteiger partial charge in [0.25, 0.3) is 5.91 Å². The number of rotatable bonds is 9. The highest BCUT2D eigenvalue weighted by Gasteiger charge is 2.19. The lowest BCUT2D eigenvalue weighted by Crippen LogP contribution is -2.35. The number of carboxylic acids is 1. The second-order valence-corrected chi connectivity index (χ2v) is 6.51. The molecule has 0 aromatic heterocycles. The van der Waals surface area contributed by atoms with Crippen molar-refractivity contribution in [3.63, 3.8) is 0 Å². The molecule has 2 amide bonds.